The highest BCUT2D eigenvalue weighted by Crippen LogP contribution is 2.34. The molecule has 28 heavy (non-hydrogen) atoms. The van der Waals surface area contributed by atoms with E-state index >= 15 is 0 Å². The standard InChI is InChI=1S/C23H37N3O2/c1-18-14-19(2)16-21(15-18)28-20(3)22(27)24-17-23(8-6-5-7-9-23)26-12-10-25(4)11-13-26/h14-16,20H,5-13,17H2,1-4H3,(H,24,27). The summed E-state index contributed by atoms with van der Waals surface area (Å²) in [6, 6.07) is 6.09. The highest BCUT2D eigenvalue weighted by molar-refractivity contribution is 5.80. The highest BCUT2D eigenvalue weighted by atomic mass is 16.5. The van der Waals surface area contributed by atoms with E-state index < -0.39 is 6.10 Å². The molecule has 5 heteroatoms. The van der Waals surface area contributed by atoms with Crippen LogP contribution in [0.5, 0.6) is 5.75 Å². The summed E-state index contributed by atoms with van der Waals surface area (Å²) >= 11 is 0. The summed E-state index contributed by atoms with van der Waals surface area (Å²) in [5.41, 5.74) is 2.42. The molecule has 1 aliphatic heterocycles. The summed E-state index contributed by atoms with van der Waals surface area (Å²) in [4.78, 5) is 17.8. The lowest BCUT2D eigenvalue weighted by atomic mass is 9.79. The second-order valence-electron chi connectivity index (χ2n) is 8.88. The largest absolute Gasteiger partial charge is 0.481 e. The van der Waals surface area contributed by atoms with Gasteiger partial charge < -0.3 is 15.0 Å². The Kier molecular flexibility index (Phi) is 7.00. The maximum Gasteiger partial charge on any atom is 0.260 e. The van der Waals surface area contributed by atoms with E-state index in [1.165, 1.54) is 32.1 Å². The van der Waals surface area contributed by atoms with Gasteiger partial charge in [0.15, 0.2) is 6.10 Å². The number of hydrogen-bond acceptors (Lipinski definition) is 4. The molecule has 5 nitrogen and oxygen atoms in total. The fourth-order valence-corrected chi connectivity index (χ4v) is 4.75. The van der Waals surface area contributed by atoms with Crippen LogP contribution in [0.4, 0.5) is 0 Å². The third-order valence-corrected chi connectivity index (χ3v) is 6.43. The number of benzene rings is 1. The van der Waals surface area contributed by atoms with Gasteiger partial charge in [-0.2, -0.15) is 0 Å². The maximum absolute atomic E-state index is 12.8. The molecular formula is C23H37N3O2. The van der Waals surface area contributed by atoms with E-state index in [-0.39, 0.29) is 11.4 Å². The molecule has 1 aromatic carbocycles. The summed E-state index contributed by atoms with van der Waals surface area (Å²) < 4.78 is 5.94. The van der Waals surface area contributed by atoms with Crippen LogP contribution in [0, 0.1) is 13.8 Å². The van der Waals surface area contributed by atoms with E-state index in [4.69, 9.17) is 4.74 Å². The molecule has 0 spiro atoms. The lowest BCUT2D eigenvalue weighted by Crippen LogP contribution is -2.62. The van der Waals surface area contributed by atoms with Crippen LogP contribution in [-0.4, -0.2) is 67.1 Å². The summed E-state index contributed by atoms with van der Waals surface area (Å²) in [5, 5.41) is 3.23. The van der Waals surface area contributed by atoms with Gasteiger partial charge in [0.2, 0.25) is 0 Å². The lowest BCUT2D eigenvalue weighted by molar-refractivity contribution is -0.128. The number of carbonyl (C=O) groups excluding carboxylic acids is 1. The molecule has 156 valence electrons. The Morgan fingerprint density at radius 3 is 2.29 bits per heavy atom. The van der Waals surface area contributed by atoms with E-state index in [0.29, 0.717) is 0 Å². The topological polar surface area (TPSA) is 44.8 Å². The Hall–Kier alpha value is -1.59. The average molecular weight is 388 g/mol. The van der Waals surface area contributed by atoms with E-state index in [9.17, 15) is 4.79 Å². The Labute approximate surface area is 170 Å². The number of amides is 1. The van der Waals surface area contributed by atoms with Crippen molar-refractivity contribution in [3.8, 4) is 5.75 Å². The summed E-state index contributed by atoms with van der Waals surface area (Å²) in [6.07, 6.45) is 5.71. The number of nitrogens with one attached hydrogen (secondary N) is 1. The van der Waals surface area contributed by atoms with Crippen molar-refractivity contribution >= 4 is 5.91 Å². The van der Waals surface area contributed by atoms with Gasteiger partial charge in [-0.25, -0.2) is 0 Å². The fourth-order valence-electron chi connectivity index (χ4n) is 4.75. The first-order valence-electron chi connectivity index (χ1n) is 10.8. The van der Waals surface area contributed by atoms with Gasteiger partial charge >= 0.3 is 0 Å². The van der Waals surface area contributed by atoms with Crippen LogP contribution < -0.4 is 10.1 Å². The van der Waals surface area contributed by atoms with Gasteiger partial charge in [-0.15, -0.1) is 0 Å². The molecule has 0 radical (unpaired) electrons. The van der Waals surface area contributed by atoms with Crippen molar-refractivity contribution < 1.29 is 9.53 Å². The first kappa shape index (κ1) is 21.1. The molecule has 1 amide bonds. The number of aryl methyl sites for hydroxylation is 2. The first-order valence-corrected chi connectivity index (χ1v) is 10.8. The molecule has 1 heterocycles. The molecule has 3 rings (SSSR count). The predicted octanol–water partition coefficient (Wildman–Crippen LogP) is 3.14. The Bertz CT molecular complexity index is 642. The lowest BCUT2D eigenvalue weighted by Gasteiger charge is -2.49. The van der Waals surface area contributed by atoms with Crippen molar-refractivity contribution in [1.29, 1.82) is 0 Å². The normalized spacial score (nSPS) is 21.9. The van der Waals surface area contributed by atoms with E-state index in [1.54, 1.807) is 0 Å². The quantitative estimate of drug-likeness (QED) is 0.815. The van der Waals surface area contributed by atoms with Gasteiger partial charge in [-0.05, 0) is 63.9 Å². The summed E-state index contributed by atoms with van der Waals surface area (Å²) in [7, 11) is 2.19. The number of rotatable bonds is 6. The maximum atomic E-state index is 12.8. The van der Waals surface area contributed by atoms with Gasteiger partial charge in [-0.3, -0.25) is 9.69 Å². The minimum absolute atomic E-state index is 0.0155. The highest BCUT2D eigenvalue weighted by Gasteiger charge is 2.39. The van der Waals surface area contributed by atoms with Crippen LogP contribution in [0.15, 0.2) is 18.2 Å². The molecule has 1 saturated carbocycles. The number of ether oxygens (including phenoxy) is 1. The second kappa shape index (κ2) is 9.27. The SMILES string of the molecule is Cc1cc(C)cc(OC(C)C(=O)NCC2(N3CCN(C)CC3)CCCCC2)c1. The molecule has 2 fully saturated rings. The number of likely N-dealkylation sites (N-methyl/N-ethyl adjacent to an activating group) is 1. The van der Waals surface area contributed by atoms with Crippen molar-refractivity contribution in [2.75, 3.05) is 39.8 Å². The van der Waals surface area contributed by atoms with Crippen LogP contribution in [0.2, 0.25) is 0 Å². The van der Waals surface area contributed by atoms with Gasteiger partial charge in [0.05, 0.1) is 0 Å². The zero-order chi connectivity index (χ0) is 20.1. The zero-order valence-electron chi connectivity index (χ0n) is 18.1. The van der Waals surface area contributed by atoms with Gasteiger partial charge in [0, 0.05) is 38.3 Å². The van der Waals surface area contributed by atoms with Crippen molar-refractivity contribution in [2.24, 2.45) is 0 Å². The predicted molar refractivity (Wildman–Crippen MR) is 114 cm³/mol. The van der Waals surface area contributed by atoms with E-state index in [2.05, 4.69) is 28.2 Å². The van der Waals surface area contributed by atoms with Gasteiger partial charge in [0.1, 0.15) is 5.75 Å². The zero-order valence-corrected chi connectivity index (χ0v) is 18.1. The molecular weight excluding hydrogens is 350 g/mol. The van der Waals surface area contributed by atoms with Crippen molar-refractivity contribution in [3.05, 3.63) is 29.3 Å². The minimum atomic E-state index is -0.491. The number of piperazine rings is 1. The Balaban J connectivity index is 1.59. The molecule has 1 aliphatic carbocycles. The molecule has 1 atom stereocenters. The smallest absolute Gasteiger partial charge is 0.260 e. The molecule has 1 aromatic rings. The monoisotopic (exact) mass is 387 g/mol. The first-order chi connectivity index (χ1) is 13.4. The number of nitrogens with zero attached hydrogens (tertiary/aromatic N) is 2. The van der Waals surface area contributed by atoms with Crippen LogP contribution in [0.1, 0.15) is 50.2 Å². The van der Waals surface area contributed by atoms with Crippen LogP contribution >= 0.6 is 0 Å². The number of carbonyl (C=O) groups is 1. The van der Waals surface area contributed by atoms with Crippen molar-refractivity contribution in [1.82, 2.24) is 15.1 Å². The Morgan fingerprint density at radius 2 is 1.68 bits per heavy atom. The third-order valence-electron chi connectivity index (χ3n) is 6.43. The van der Waals surface area contributed by atoms with Gasteiger partial charge in [-0.1, -0.05) is 25.3 Å². The van der Waals surface area contributed by atoms with E-state index in [1.807, 2.05) is 32.9 Å². The van der Waals surface area contributed by atoms with Crippen molar-refractivity contribution in [2.45, 2.75) is 64.5 Å². The molecule has 1 unspecified atom stereocenters. The van der Waals surface area contributed by atoms with Crippen LogP contribution in [0.25, 0.3) is 0 Å². The Morgan fingerprint density at radius 1 is 1.07 bits per heavy atom. The second-order valence-corrected chi connectivity index (χ2v) is 8.88. The van der Waals surface area contributed by atoms with Gasteiger partial charge in [0.25, 0.3) is 5.91 Å². The summed E-state index contributed by atoms with van der Waals surface area (Å²) in [6.45, 7) is 11.1. The molecule has 0 aromatic heterocycles. The summed E-state index contributed by atoms with van der Waals surface area (Å²) in [5.74, 6) is 0.754. The van der Waals surface area contributed by atoms with Crippen molar-refractivity contribution in [3.63, 3.8) is 0 Å². The average Bonchev–Trinajstić information content (AvgIpc) is 2.66. The van der Waals surface area contributed by atoms with Crippen LogP contribution in [-0.2, 0) is 4.79 Å². The van der Waals surface area contributed by atoms with Crippen LogP contribution in [0.3, 0.4) is 0 Å². The molecule has 1 N–H and O–H groups in total. The third kappa shape index (κ3) is 5.26. The molecule has 2 aliphatic rings. The number of hydrogen-bond donors (Lipinski definition) is 1. The minimum Gasteiger partial charge on any atom is -0.481 e. The fraction of sp³-hybridized carbons (Fsp3) is 0.696. The molecule has 1 saturated heterocycles. The van der Waals surface area contributed by atoms with E-state index in [0.717, 1.165) is 49.6 Å². The molecule has 0 bridgehead atoms.